The molecule has 0 fully saturated rings. The van der Waals surface area contributed by atoms with Crippen LogP contribution in [0.1, 0.15) is 34.2 Å². The van der Waals surface area contributed by atoms with Gasteiger partial charge in [-0.1, -0.05) is 41.4 Å². The number of hydrogen-bond donors (Lipinski definition) is 1. The predicted octanol–water partition coefficient (Wildman–Crippen LogP) is 6.90. The Kier molecular flexibility index (Phi) is 7.55. The molecule has 1 aromatic heterocycles. The molecule has 8 heteroatoms. The predicted molar refractivity (Wildman–Crippen MR) is 137 cm³/mol. The lowest BCUT2D eigenvalue weighted by atomic mass is 10.1. The maximum atomic E-state index is 12.4. The molecule has 1 amide bonds. The van der Waals surface area contributed by atoms with Crippen molar-refractivity contribution in [3.8, 4) is 11.5 Å². The molecule has 3 aromatic carbocycles. The molecule has 0 aliphatic carbocycles. The van der Waals surface area contributed by atoms with Gasteiger partial charge in [0.05, 0.1) is 17.3 Å². The number of benzene rings is 3. The van der Waals surface area contributed by atoms with Gasteiger partial charge in [0.15, 0.2) is 17.3 Å². The molecule has 1 N–H and O–H groups in total. The molecule has 0 saturated carbocycles. The van der Waals surface area contributed by atoms with Gasteiger partial charge in [0.25, 0.3) is 0 Å². The van der Waals surface area contributed by atoms with Gasteiger partial charge in [0.2, 0.25) is 0 Å². The van der Waals surface area contributed by atoms with E-state index in [1.807, 2.05) is 38.1 Å². The van der Waals surface area contributed by atoms with Crippen molar-refractivity contribution in [3.05, 3.63) is 92.6 Å². The molecular weight excluding hydrogens is 520 g/mol. The number of nitrogens with zero attached hydrogens (tertiary/aromatic N) is 1. The van der Waals surface area contributed by atoms with E-state index in [1.165, 1.54) is 11.8 Å². The van der Waals surface area contributed by atoms with Crippen LogP contribution in [-0.2, 0) is 6.61 Å². The summed E-state index contributed by atoms with van der Waals surface area (Å²) >= 11 is 9.55. The first kappa shape index (κ1) is 23.9. The first-order valence-corrected chi connectivity index (χ1v) is 11.8. The van der Waals surface area contributed by atoms with Crippen LogP contribution in [0.3, 0.4) is 0 Å². The number of carbonyl (C=O) groups is 1. The van der Waals surface area contributed by atoms with E-state index >= 15 is 0 Å². The average Bonchev–Trinajstić information content (AvgIpc) is 3.22. The summed E-state index contributed by atoms with van der Waals surface area (Å²) in [5.41, 5.74) is 6.01. The van der Waals surface area contributed by atoms with Gasteiger partial charge in [-0.15, -0.1) is 0 Å². The normalized spacial score (nSPS) is 11.2. The van der Waals surface area contributed by atoms with Gasteiger partial charge in [-0.05, 0) is 77.3 Å². The van der Waals surface area contributed by atoms with E-state index < -0.39 is 5.91 Å². The highest BCUT2D eigenvalue weighted by Gasteiger charge is 2.14. The lowest BCUT2D eigenvalue weighted by molar-refractivity contribution is 0.0929. The van der Waals surface area contributed by atoms with Crippen LogP contribution in [0.2, 0.25) is 5.02 Å². The van der Waals surface area contributed by atoms with E-state index in [0.29, 0.717) is 39.8 Å². The Morgan fingerprint density at radius 2 is 2.00 bits per heavy atom. The fraction of sp³-hybridized carbons (Fsp3) is 0.154. The van der Waals surface area contributed by atoms with Crippen LogP contribution in [0.4, 0.5) is 0 Å². The number of hydrogen-bond acceptors (Lipinski definition) is 5. The lowest BCUT2D eigenvalue weighted by Crippen LogP contribution is -2.16. The van der Waals surface area contributed by atoms with E-state index in [0.717, 1.165) is 16.5 Å². The molecule has 0 radical (unpaired) electrons. The Balaban J connectivity index is 1.46. The van der Waals surface area contributed by atoms with Gasteiger partial charge in [0, 0.05) is 10.4 Å². The molecular formula is C26H22BrClN2O4. The molecule has 6 nitrogen and oxygen atoms in total. The molecule has 0 aliphatic rings. The molecule has 4 rings (SSSR count). The third-order valence-electron chi connectivity index (χ3n) is 4.88. The van der Waals surface area contributed by atoms with Gasteiger partial charge in [-0.2, -0.15) is 5.10 Å². The average molecular weight is 542 g/mol. The van der Waals surface area contributed by atoms with Crippen molar-refractivity contribution in [2.45, 2.75) is 20.5 Å². The number of rotatable bonds is 8. The Morgan fingerprint density at radius 3 is 2.79 bits per heavy atom. The van der Waals surface area contributed by atoms with E-state index in [4.69, 9.17) is 25.5 Å². The molecule has 4 aromatic rings. The Bertz CT molecular complexity index is 1370. The van der Waals surface area contributed by atoms with Crippen LogP contribution in [-0.4, -0.2) is 18.7 Å². The highest BCUT2D eigenvalue weighted by atomic mass is 79.9. The zero-order valence-corrected chi connectivity index (χ0v) is 20.9. The van der Waals surface area contributed by atoms with Gasteiger partial charge in [0.1, 0.15) is 12.2 Å². The number of furan rings is 1. The molecule has 174 valence electrons. The molecule has 0 spiro atoms. The van der Waals surface area contributed by atoms with Crippen molar-refractivity contribution < 1.29 is 18.7 Å². The van der Waals surface area contributed by atoms with E-state index in [2.05, 4.69) is 32.5 Å². The van der Waals surface area contributed by atoms with E-state index in [-0.39, 0.29) is 5.76 Å². The monoisotopic (exact) mass is 540 g/mol. The smallest absolute Gasteiger partial charge is 0.307 e. The van der Waals surface area contributed by atoms with Crippen molar-refractivity contribution >= 4 is 50.6 Å². The van der Waals surface area contributed by atoms with Gasteiger partial charge in [-0.3, -0.25) is 4.79 Å². The summed E-state index contributed by atoms with van der Waals surface area (Å²) < 4.78 is 18.1. The van der Waals surface area contributed by atoms with E-state index in [9.17, 15) is 4.79 Å². The maximum Gasteiger partial charge on any atom is 0.307 e. The van der Waals surface area contributed by atoms with Crippen LogP contribution in [0.25, 0.3) is 11.0 Å². The molecule has 0 saturated heterocycles. The molecule has 0 bridgehead atoms. The minimum atomic E-state index is -0.467. The van der Waals surface area contributed by atoms with Gasteiger partial charge < -0.3 is 13.9 Å². The van der Waals surface area contributed by atoms with Crippen LogP contribution in [0.5, 0.6) is 11.5 Å². The summed E-state index contributed by atoms with van der Waals surface area (Å²) in [5, 5.41) is 5.37. The zero-order chi connectivity index (χ0) is 24.1. The van der Waals surface area contributed by atoms with Crippen LogP contribution in [0.15, 0.2) is 74.7 Å². The third kappa shape index (κ3) is 5.79. The second-order valence-corrected chi connectivity index (χ2v) is 8.82. The summed E-state index contributed by atoms with van der Waals surface area (Å²) in [6, 6.07) is 18.6. The van der Waals surface area contributed by atoms with Crippen molar-refractivity contribution in [1.82, 2.24) is 5.43 Å². The van der Waals surface area contributed by atoms with E-state index in [1.54, 1.807) is 30.3 Å². The number of nitrogens with one attached hydrogen (secondary N) is 1. The highest BCUT2D eigenvalue weighted by molar-refractivity contribution is 9.10. The van der Waals surface area contributed by atoms with Crippen molar-refractivity contribution in [2.24, 2.45) is 5.10 Å². The minimum absolute atomic E-state index is 0.144. The van der Waals surface area contributed by atoms with Gasteiger partial charge in [-0.25, -0.2) is 5.43 Å². The van der Waals surface area contributed by atoms with Crippen LogP contribution in [0, 0.1) is 6.92 Å². The fourth-order valence-corrected chi connectivity index (χ4v) is 4.12. The number of ether oxygens (including phenoxy) is 2. The largest absolute Gasteiger partial charge is 0.490 e. The number of aryl methyl sites for hydroxylation is 1. The first-order valence-electron chi connectivity index (χ1n) is 10.6. The number of amides is 1. The summed E-state index contributed by atoms with van der Waals surface area (Å²) in [7, 11) is 0. The topological polar surface area (TPSA) is 73.1 Å². The first-order chi connectivity index (χ1) is 16.4. The Hall–Kier alpha value is -3.29. The molecule has 0 atom stereocenters. The molecule has 1 heterocycles. The Labute approximate surface area is 210 Å². The summed E-state index contributed by atoms with van der Waals surface area (Å²) in [6.07, 6.45) is 1.52. The van der Waals surface area contributed by atoms with Crippen LogP contribution < -0.4 is 14.9 Å². The summed E-state index contributed by atoms with van der Waals surface area (Å²) in [5.74, 6) is 0.855. The Morgan fingerprint density at radius 1 is 1.15 bits per heavy atom. The number of halogens is 2. The molecule has 0 aliphatic heterocycles. The quantitative estimate of drug-likeness (QED) is 0.195. The summed E-state index contributed by atoms with van der Waals surface area (Å²) in [6.45, 7) is 4.83. The van der Waals surface area contributed by atoms with Crippen molar-refractivity contribution in [1.29, 1.82) is 0 Å². The number of carbonyl (C=O) groups excluding carboxylic acids is 1. The standard InChI is InChI=1S/C26H22BrClN2O4/c1-3-32-23-11-18(10-21(27)25(23)33-15-17-6-4-5-16(2)9-17)14-29-30-26(31)24-13-19-12-20(28)7-8-22(19)34-24/h4-14H,3,15H2,1-2H3,(H,30,31)/b29-14+. The lowest BCUT2D eigenvalue weighted by Gasteiger charge is -2.15. The SMILES string of the molecule is CCOc1cc(/C=N/NC(=O)c2cc3cc(Cl)ccc3o2)cc(Br)c1OCc1cccc(C)c1. The number of fused-ring (bicyclic) bond motifs is 1. The molecule has 34 heavy (non-hydrogen) atoms. The van der Waals surface area contributed by atoms with Crippen LogP contribution >= 0.6 is 27.5 Å². The summed E-state index contributed by atoms with van der Waals surface area (Å²) in [4.78, 5) is 12.4. The highest BCUT2D eigenvalue weighted by Crippen LogP contribution is 2.37. The van der Waals surface area contributed by atoms with Crippen molar-refractivity contribution in [2.75, 3.05) is 6.61 Å². The minimum Gasteiger partial charge on any atom is -0.490 e. The fourth-order valence-electron chi connectivity index (χ4n) is 3.37. The van der Waals surface area contributed by atoms with Crippen molar-refractivity contribution in [3.63, 3.8) is 0 Å². The van der Waals surface area contributed by atoms with Gasteiger partial charge >= 0.3 is 5.91 Å². The second-order valence-electron chi connectivity index (χ2n) is 7.53. The number of hydrazone groups is 1. The zero-order valence-electron chi connectivity index (χ0n) is 18.6. The molecule has 0 unspecified atom stereocenters. The maximum absolute atomic E-state index is 12.4. The third-order valence-corrected chi connectivity index (χ3v) is 5.70. The second kappa shape index (κ2) is 10.8.